The molecule has 0 fully saturated rings. The topological polar surface area (TPSA) is 46.6 Å². The minimum absolute atomic E-state index is 0.0845. The van der Waals surface area contributed by atoms with Gasteiger partial charge in [0.2, 0.25) is 5.96 Å². The molecule has 9 aromatic rings. The Bertz CT molecular complexity index is 3050. The summed E-state index contributed by atoms with van der Waals surface area (Å²) >= 11 is 0. The molecule has 1 atom stereocenters. The lowest BCUT2D eigenvalue weighted by atomic mass is 9.99. The molecule has 1 aliphatic rings. The average molecular weight is 647 g/mol. The lowest BCUT2D eigenvalue weighted by Gasteiger charge is -2.25. The highest BCUT2D eigenvalue weighted by atomic mass is 15.3. The van der Waals surface area contributed by atoms with Gasteiger partial charge < -0.3 is 9.88 Å². The van der Waals surface area contributed by atoms with E-state index in [4.69, 9.17) is 16.8 Å². The Morgan fingerprint density at radius 3 is 1.78 bits per heavy atom. The minimum atomic E-state index is -0.491. The molecule has 1 aliphatic heterocycles. The SMILES string of the molecule is [2H]c1c([2H])c([2H])c(-n2c3ccccc3c3ccc4c5ccccc5n(C5=NC(c6ccccc6-c6ccccc6)=NC(c6ccccc6)N5)c4c32)c([2H])c1[2H]. The Labute approximate surface area is 296 Å². The maximum atomic E-state index is 9.11. The Balaban J connectivity index is 1.34. The van der Waals surface area contributed by atoms with Crippen LogP contribution in [-0.2, 0) is 0 Å². The summed E-state index contributed by atoms with van der Waals surface area (Å²) in [6, 6.07) is 46.8. The maximum absolute atomic E-state index is 9.11. The van der Waals surface area contributed by atoms with Crippen LogP contribution >= 0.6 is 0 Å². The monoisotopic (exact) mass is 646 g/mol. The van der Waals surface area contributed by atoms with Gasteiger partial charge in [-0.1, -0.05) is 152 Å². The van der Waals surface area contributed by atoms with Crippen molar-refractivity contribution in [2.45, 2.75) is 6.17 Å². The van der Waals surface area contributed by atoms with E-state index >= 15 is 0 Å². The third-order valence-corrected chi connectivity index (χ3v) is 9.49. The molecule has 0 bridgehead atoms. The Morgan fingerprint density at radius 1 is 0.520 bits per heavy atom. The Hall–Kier alpha value is -6.72. The van der Waals surface area contributed by atoms with Crippen LogP contribution in [0.5, 0.6) is 0 Å². The van der Waals surface area contributed by atoms with Crippen molar-refractivity contribution in [3.8, 4) is 16.8 Å². The highest BCUT2D eigenvalue weighted by Gasteiger charge is 2.27. The van der Waals surface area contributed by atoms with E-state index in [1.54, 1.807) is 0 Å². The molecule has 2 aromatic heterocycles. The lowest BCUT2D eigenvalue weighted by molar-refractivity contribution is 0.661. The quantitative estimate of drug-likeness (QED) is 0.203. The number of amidine groups is 1. The molecule has 1 N–H and O–H groups in total. The number of nitrogens with zero attached hydrogens (tertiary/aromatic N) is 4. The van der Waals surface area contributed by atoms with Crippen molar-refractivity contribution in [3.05, 3.63) is 187 Å². The summed E-state index contributed by atoms with van der Waals surface area (Å²) in [7, 11) is 0. The number of hydrogen-bond acceptors (Lipinski definition) is 3. The molecule has 0 aliphatic carbocycles. The second-order valence-corrected chi connectivity index (χ2v) is 12.3. The number of nitrogens with one attached hydrogen (secondary N) is 1. The fourth-order valence-electron chi connectivity index (χ4n) is 7.33. The van der Waals surface area contributed by atoms with E-state index in [0.717, 1.165) is 60.3 Å². The van der Waals surface area contributed by atoms with Crippen LogP contribution in [0.3, 0.4) is 0 Å². The zero-order chi connectivity index (χ0) is 37.4. The van der Waals surface area contributed by atoms with Crippen molar-refractivity contribution in [3.63, 3.8) is 0 Å². The molecule has 0 radical (unpaired) electrons. The van der Waals surface area contributed by atoms with Crippen LogP contribution in [0.1, 0.15) is 24.1 Å². The van der Waals surface area contributed by atoms with E-state index in [2.05, 4.69) is 58.4 Å². The van der Waals surface area contributed by atoms with Gasteiger partial charge in [0.25, 0.3) is 0 Å². The summed E-state index contributed by atoms with van der Waals surface area (Å²) in [6.45, 7) is 0. The molecule has 3 heterocycles. The van der Waals surface area contributed by atoms with Crippen molar-refractivity contribution in [1.82, 2.24) is 14.5 Å². The summed E-state index contributed by atoms with van der Waals surface area (Å²) < 4.78 is 47.8. The van der Waals surface area contributed by atoms with Crippen molar-refractivity contribution in [2.24, 2.45) is 9.98 Å². The number of rotatable bonds is 4. The van der Waals surface area contributed by atoms with Crippen LogP contribution < -0.4 is 5.32 Å². The first-order chi connectivity index (χ1) is 26.9. The normalized spacial score (nSPS) is 16.0. The van der Waals surface area contributed by atoms with E-state index in [0.29, 0.717) is 17.3 Å². The number of fused-ring (bicyclic) bond motifs is 7. The van der Waals surface area contributed by atoms with Crippen molar-refractivity contribution < 1.29 is 6.85 Å². The minimum Gasteiger partial charge on any atom is -0.330 e. The molecule has 0 saturated heterocycles. The molecule has 0 spiro atoms. The summed E-state index contributed by atoms with van der Waals surface area (Å²) in [5.74, 6) is 1.10. The van der Waals surface area contributed by atoms with Gasteiger partial charge in [-0.2, -0.15) is 4.99 Å². The standard InChI is InChI=1S/C45H31N5/c1-4-16-30(17-5-1)33-22-10-11-25-38(33)44-46-43(31-18-6-2-7-19-31)47-45(48-44)50-40-27-15-13-24-35(40)37-29-28-36-34-23-12-14-26-39(34)49(41(36)42(37)50)32-20-8-3-9-21-32/h1-29,43H,(H,46,47,48)/i3D,8D,9D,20D,21D. The number of hydrogen-bond donors (Lipinski definition) is 1. The average Bonchev–Trinajstić information content (AvgIpc) is 3.76. The third kappa shape index (κ3) is 4.41. The highest BCUT2D eigenvalue weighted by Crippen LogP contribution is 2.41. The molecule has 5 heteroatoms. The van der Waals surface area contributed by atoms with E-state index < -0.39 is 24.3 Å². The molecule has 0 amide bonds. The molecule has 5 nitrogen and oxygen atoms in total. The summed E-state index contributed by atoms with van der Waals surface area (Å²) in [5.41, 5.74) is 7.07. The number of para-hydroxylation sites is 3. The second kappa shape index (κ2) is 11.5. The fraction of sp³-hybridized carbons (Fsp3) is 0.0222. The van der Waals surface area contributed by atoms with Crippen molar-refractivity contribution >= 4 is 55.4 Å². The molecule has 236 valence electrons. The second-order valence-electron chi connectivity index (χ2n) is 12.3. The van der Waals surface area contributed by atoms with Crippen molar-refractivity contribution in [1.29, 1.82) is 0 Å². The molecule has 0 saturated carbocycles. The largest absolute Gasteiger partial charge is 0.330 e. The van der Waals surface area contributed by atoms with Crippen LogP contribution in [-0.4, -0.2) is 20.9 Å². The van der Waals surface area contributed by atoms with Gasteiger partial charge in [0.15, 0.2) is 5.84 Å². The first-order valence-corrected chi connectivity index (χ1v) is 16.6. The maximum Gasteiger partial charge on any atom is 0.212 e. The fourth-order valence-corrected chi connectivity index (χ4v) is 7.33. The van der Waals surface area contributed by atoms with Gasteiger partial charge in [0.1, 0.15) is 6.17 Å². The van der Waals surface area contributed by atoms with Gasteiger partial charge in [-0.15, -0.1) is 0 Å². The summed E-state index contributed by atoms with van der Waals surface area (Å²) in [4.78, 5) is 10.6. The Kier molecular flexibility index (Phi) is 5.41. The first-order valence-electron chi connectivity index (χ1n) is 19.1. The molecule has 7 aromatic carbocycles. The molecule has 10 rings (SSSR count). The number of aromatic nitrogens is 2. The van der Waals surface area contributed by atoms with E-state index in [1.165, 1.54) is 0 Å². The smallest absolute Gasteiger partial charge is 0.212 e. The van der Waals surface area contributed by atoms with Crippen LogP contribution in [0.15, 0.2) is 186 Å². The predicted octanol–water partition coefficient (Wildman–Crippen LogP) is 10.5. The lowest BCUT2D eigenvalue weighted by Crippen LogP contribution is -2.37. The van der Waals surface area contributed by atoms with Gasteiger partial charge in [0.05, 0.1) is 28.9 Å². The summed E-state index contributed by atoms with van der Waals surface area (Å²) in [6.07, 6.45) is -0.491. The zero-order valence-corrected chi connectivity index (χ0v) is 26.7. The van der Waals surface area contributed by atoms with Gasteiger partial charge in [-0.05, 0) is 40.9 Å². The van der Waals surface area contributed by atoms with Gasteiger partial charge in [-0.3, -0.25) is 4.57 Å². The number of benzene rings is 7. The van der Waals surface area contributed by atoms with Gasteiger partial charge >= 0.3 is 0 Å². The third-order valence-electron chi connectivity index (χ3n) is 9.49. The van der Waals surface area contributed by atoms with E-state index in [9.17, 15) is 0 Å². The molecule has 50 heavy (non-hydrogen) atoms. The van der Waals surface area contributed by atoms with Crippen molar-refractivity contribution in [2.75, 3.05) is 0 Å². The molecular weight excluding hydrogens is 611 g/mol. The van der Waals surface area contributed by atoms with Gasteiger partial charge in [-0.25, -0.2) is 4.99 Å². The van der Waals surface area contributed by atoms with E-state index in [-0.39, 0.29) is 17.8 Å². The molecule has 1 unspecified atom stereocenters. The zero-order valence-electron chi connectivity index (χ0n) is 31.7. The number of aliphatic imine (C=N–C) groups is 2. The highest BCUT2D eigenvalue weighted by molar-refractivity contribution is 6.26. The van der Waals surface area contributed by atoms with Crippen LogP contribution in [0, 0.1) is 0 Å². The van der Waals surface area contributed by atoms with Crippen LogP contribution in [0.4, 0.5) is 0 Å². The van der Waals surface area contributed by atoms with E-state index in [1.807, 2.05) is 102 Å². The predicted molar refractivity (Wildman–Crippen MR) is 207 cm³/mol. The van der Waals surface area contributed by atoms with Gasteiger partial charge in [0, 0.05) is 32.8 Å². The van der Waals surface area contributed by atoms with Crippen LogP contribution in [0.2, 0.25) is 0 Å². The summed E-state index contributed by atoms with van der Waals surface area (Å²) in [5, 5.41) is 7.35. The Morgan fingerprint density at radius 2 is 1.08 bits per heavy atom. The molecular formula is C45H31N5. The van der Waals surface area contributed by atoms with Crippen LogP contribution in [0.25, 0.3) is 60.4 Å². The first kappa shape index (κ1) is 23.6.